The molecule has 1 aliphatic carbocycles. The molecule has 1 aromatic rings. The van der Waals surface area contributed by atoms with Gasteiger partial charge in [0, 0.05) is 5.92 Å². The van der Waals surface area contributed by atoms with Gasteiger partial charge in [-0.05, 0) is 31.4 Å². The van der Waals surface area contributed by atoms with E-state index in [0.29, 0.717) is 5.92 Å². The Kier molecular flexibility index (Phi) is 2.53. The summed E-state index contributed by atoms with van der Waals surface area (Å²) in [5.41, 5.74) is 4.17. The molecule has 2 rings (SSSR count). The summed E-state index contributed by atoms with van der Waals surface area (Å²) in [6, 6.07) is 6.68. The Bertz CT molecular complexity index is 371. The van der Waals surface area contributed by atoms with E-state index >= 15 is 0 Å². The maximum Gasteiger partial charge on any atom is 0.0201 e. The second kappa shape index (κ2) is 3.83. The van der Waals surface area contributed by atoms with Crippen LogP contribution in [0.5, 0.6) is 0 Å². The molecular weight excluding hydrogens is 168 g/mol. The predicted octanol–water partition coefficient (Wildman–Crippen LogP) is 3.90. The zero-order valence-corrected chi connectivity index (χ0v) is 8.83. The van der Waals surface area contributed by atoms with Crippen LogP contribution in [0.25, 0.3) is 0 Å². The minimum Gasteiger partial charge on any atom is -0.0838 e. The number of allylic oxidation sites excluding steroid dienone is 4. The van der Waals surface area contributed by atoms with Crippen LogP contribution in [-0.2, 0) is 0 Å². The smallest absolute Gasteiger partial charge is 0.0201 e. The third kappa shape index (κ3) is 1.79. The van der Waals surface area contributed by atoms with E-state index in [-0.39, 0.29) is 0 Å². The van der Waals surface area contributed by atoms with Crippen molar-refractivity contribution in [3.63, 3.8) is 0 Å². The van der Waals surface area contributed by atoms with Gasteiger partial charge in [-0.25, -0.2) is 0 Å². The molecule has 0 heteroatoms. The Hall–Kier alpha value is -1.30. The Morgan fingerprint density at radius 1 is 1.07 bits per heavy atom. The van der Waals surface area contributed by atoms with Gasteiger partial charge in [-0.2, -0.15) is 0 Å². The lowest BCUT2D eigenvalue weighted by molar-refractivity contribution is 1.01. The quantitative estimate of drug-likeness (QED) is 0.581. The minimum absolute atomic E-state index is 0.489. The molecule has 0 bridgehead atoms. The maximum atomic E-state index is 2.29. The van der Waals surface area contributed by atoms with Crippen molar-refractivity contribution in [3.8, 4) is 0 Å². The summed E-state index contributed by atoms with van der Waals surface area (Å²) >= 11 is 0. The SMILES string of the molecule is Cc1ccc(C)c(C2C=CCC=C2)c1. The lowest BCUT2D eigenvalue weighted by Gasteiger charge is -2.15. The first kappa shape index (κ1) is 9.26. The molecule has 0 atom stereocenters. The van der Waals surface area contributed by atoms with Gasteiger partial charge in [-0.3, -0.25) is 0 Å². The maximum absolute atomic E-state index is 2.29. The number of aryl methyl sites for hydroxylation is 2. The molecule has 0 spiro atoms. The molecule has 1 aliphatic rings. The fourth-order valence-corrected chi connectivity index (χ4v) is 1.92. The van der Waals surface area contributed by atoms with Gasteiger partial charge < -0.3 is 0 Å². The molecule has 0 heterocycles. The van der Waals surface area contributed by atoms with E-state index in [0.717, 1.165) is 6.42 Å². The van der Waals surface area contributed by atoms with Crippen LogP contribution in [0.2, 0.25) is 0 Å². The first-order chi connectivity index (χ1) is 6.77. The third-order valence-corrected chi connectivity index (χ3v) is 2.75. The average molecular weight is 184 g/mol. The molecular formula is C14H16. The average Bonchev–Trinajstić information content (AvgIpc) is 2.23. The summed E-state index contributed by atoms with van der Waals surface area (Å²) in [6.07, 6.45) is 10.2. The summed E-state index contributed by atoms with van der Waals surface area (Å²) in [5.74, 6) is 0.489. The van der Waals surface area contributed by atoms with Gasteiger partial charge in [-0.15, -0.1) is 0 Å². The summed E-state index contributed by atoms with van der Waals surface area (Å²) < 4.78 is 0. The lowest BCUT2D eigenvalue weighted by atomic mass is 9.90. The molecule has 0 aromatic heterocycles. The topological polar surface area (TPSA) is 0 Å². The van der Waals surface area contributed by atoms with E-state index in [1.807, 2.05) is 0 Å². The largest absolute Gasteiger partial charge is 0.0838 e. The van der Waals surface area contributed by atoms with Gasteiger partial charge in [0.05, 0.1) is 0 Å². The van der Waals surface area contributed by atoms with E-state index in [1.165, 1.54) is 16.7 Å². The lowest BCUT2D eigenvalue weighted by Crippen LogP contribution is -1.97. The van der Waals surface area contributed by atoms with Crippen LogP contribution in [0.4, 0.5) is 0 Å². The van der Waals surface area contributed by atoms with Crippen LogP contribution in [0.15, 0.2) is 42.5 Å². The summed E-state index contributed by atoms with van der Waals surface area (Å²) in [6.45, 7) is 4.34. The second-order valence-electron chi connectivity index (χ2n) is 3.98. The summed E-state index contributed by atoms with van der Waals surface area (Å²) in [5, 5.41) is 0. The van der Waals surface area contributed by atoms with Gasteiger partial charge in [0.15, 0.2) is 0 Å². The minimum atomic E-state index is 0.489. The van der Waals surface area contributed by atoms with Gasteiger partial charge in [-0.1, -0.05) is 48.1 Å². The van der Waals surface area contributed by atoms with Crippen molar-refractivity contribution in [3.05, 3.63) is 59.2 Å². The fraction of sp³-hybridized carbons (Fsp3) is 0.286. The Labute approximate surface area is 86.0 Å². The van der Waals surface area contributed by atoms with Crippen LogP contribution in [0.1, 0.15) is 29.0 Å². The number of hydrogen-bond donors (Lipinski definition) is 0. The van der Waals surface area contributed by atoms with Crippen molar-refractivity contribution in [1.29, 1.82) is 0 Å². The molecule has 72 valence electrons. The van der Waals surface area contributed by atoms with E-state index in [2.05, 4.69) is 56.4 Å². The van der Waals surface area contributed by atoms with Crippen LogP contribution >= 0.6 is 0 Å². The van der Waals surface area contributed by atoms with E-state index in [1.54, 1.807) is 0 Å². The second-order valence-corrected chi connectivity index (χ2v) is 3.98. The summed E-state index contributed by atoms with van der Waals surface area (Å²) in [4.78, 5) is 0. The van der Waals surface area contributed by atoms with Gasteiger partial charge >= 0.3 is 0 Å². The van der Waals surface area contributed by atoms with Gasteiger partial charge in [0.25, 0.3) is 0 Å². The molecule has 0 amide bonds. The van der Waals surface area contributed by atoms with Crippen LogP contribution in [0.3, 0.4) is 0 Å². The van der Waals surface area contributed by atoms with Gasteiger partial charge in [0.1, 0.15) is 0 Å². The van der Waals surface area contributed by atoms with E-state index in [9.17, 15) is 0 Å². The fourth-order valence-electron chi connectivity index (χ4n) is 1.92. The molecule has 0 saturated heterocycles. The Morgan fingerprint density at radius 2 is 1.79 bits per heavy atom. The third-order valence-electron chi connectivity index (χ3n) is 2.75. The van der Waals surface area contributed by atoms with Crippen molar-refractivity contribution >= 4 is 0 Å². The van der Waals surface area contributed by atoms with E-state index < -0.39 is 0 Å². The standard InChI is InChI=1S/C14H16/c1-11-8-9-12(2)14(10-11)13-6-4-3-5-7-13/h4-10,13H,3H2,1-2H3. The summed E-state index contributed by atoms with van der Waals surface area (Å²) in [7, 11) is 0. The van der Waals surface area contributed by atoms with Crippen molar-refractivity contribution in [2.75, 3.05) is 0 Å². The first-order valence-electron chi connectivity index (χ1n) is 5.18. The van der Waals surface area contributed by atoms with E-state index in [4.69, 9.17) is 0 Å². The van der Waals surface area contributed by atoms with Crippen molar-refractivity contribution in [1.82, 2.24) is 0 Å². The highest BCUT2D eigenvalue weighted by Crippen LogP contribution is 2.26. The molecule has 0 N–H and O–H groups in total. The molecule has 0 nitrogen and oxygen atoms in total. The highest BCUT2D eigenvalue weighted by Gasteiger charge is 2.08. The normalized spacial score (nSPS) is 16.1. The highest BCUT2D eigenvalue weighted by molar-refractivity contribution is 5.39. The Morgan fingerprint density at radius 3 is 2.50 bits per heavy atom. The molecule has 0 unspecified atom stereocenters. The van der Waals surface area contributed by atoms with Crippen LogP contribution < -0.4 is 0 Å². The van der Waals surface area contributed by atoms with Gasteiger partial charge in [0.2, 0.25) is 0 Å². The molecule has 1 aromatic carbocycles. The number of rotatable bonds is 1. The monoisotopic (exact) mass is 184 g/mol. The highest BCUT2D eigenvalue weighted by atomic mass is 14.1. The predicted molar refractivity (Wildman–Crippen MR) is 61.6 cm³/mol. The molecule has 0 saturated carbocycles. The number of hydrogen-bond acceptors (Lipinski definition) is 0. The molecule has 0 fully saturated rings. The number of benzene rings is 1. The zero-order valence-electron chi connectivity index (χ0n) is 8.83. The van der Waals surface area contributed by atoms with Crippen molar-refractivity contribution in [2.24, 2.45) is 0 Å². The van der Waals surface area contributed by atoms with Crippen molar-refractivity contribution in [2.45, 2.75) is 26.2 Å². The Balaban J connectivity index is 2.39. The van der Waals surface area contributed by atoms with Crippen LogP contribution in [-0.4, -0.2) is 0 Å². The first-order valence-corrected chi connectivity index (χ1v) is 5.18. The molecule has 0 radical (unpaired) electrons. The molecule has 14 heavy (non-hydrogen) atoms. The van der Waals surface area contributed by atoms with Crippen LogP contribution in [0, 0.1) is 13.8 Å². The van der Waals surface area contributed by atoms with Crippen molar-refractivity contribution < 1.29 is 0 Å². The zero-order chi connectivity index (χ0) is 9.97. The molecule has 0 aliphatic heterocycles.